The maximum atomic E-state index is 10.8. The van der Waals surface area contributed by atoms with Crippen molar-refractivity contribution >= 4 is 21.7 Å². The molecule has 0 aliphatic carbocycles. The van der Waals surface area contributed by atoms with Gasteiger partial charge in [0.15, 0.2) is 17.3 Å². The molecule has 0 aliphatic rings. The van der Waals surface area contributed by atoms with E-state index in [2.05, 4.69) is 15.9 Å². The van der Waals surface area contributed by atoms with Crippen molar-refractivity contribution in [2.45, 2.75) is 6.92 Å². The zero-order chi connectivity index (χ0) is 9.30. The molecular weight excluding hydrogens is 224 g/mol. The molecule has 1 aromatic rings. The van der Waals surface area contributed by atoms with Crippen LogP contribution in [0.2, 0.25) is 0 Å². The molecule has 0 aliphatic heterocycles. The average Bonchev–Trinajstić information content (AvgIpc) is 2.00. The Labute approximate surface area is 77.8 Å². The van der Waals surface area contributed by atoms with Crippen molar-refractivity contribution in [2.24, 2.45) is 0 Å². The average molecular weight is 231 g/mol. The van der Waals surface area contributed by atoms with Crippen LogP contribution in [-0.4, -0.2) is 16.0 Å². The molecular formula is C8H7BrO3. The minimum absolute atomic E-state index is 0.121. The van der Waals surface area contributed by atoms with Crippen LogP contribution in [0.15, 0.2) is 16.6 Å². The molecule has 3 nitrogen and oxygen atoms in total. The number of hydrogen-bond acceptors (Lipinski definition) is 3. The van der Waals surface area contributed by atoms with Gasteiger partial charge in [-0.1, -0.05) is 0 Å². The number of ketones is 1. The number of aromatic hydroxyl groups is 2. The molecule has 0 fully saturated rings. The third kappa shape index (κ3) is 1.43. The van der Waals surface area contributed by atoms with Gasteiger partial charge in [-0.3, -0.25) is 4.79 Å². The molecule has 0 bridgehead atoms. The Kier molecular flexibility index (Phi) is 2.38. The largest absolute Gasteiger partial charge is 0.504 e. The van der Waals surface area contributed by atoms with E-state index >= 15 is 0 Å². The highest BCUT2D eigenvalue weighted by Crippen LogP contribution is 2.35. The smallest absolute Gasteiger partial charge is 0.172 e. The van der Waals surface area contributed by atoms with Gasteiger partial charge in [-0.25, -0.2) is 0 Å². The zero-order valence-corrected chi connectivity index (χ0v) is 7.92. The van der Waals surface area contributed by atoms with Crippen LogP contribution in [0, 0.1) is 0 Å². The van der Waals surface area contributed by atoms with E-state index < -0.39 is 0 Å². The number of hydrogen-bond donors (Lipinski definition) is 2. The number of phenols is 2. The van der Waals surface area contributed by atoms with Crippen molar-refractivity contribution in [3.05, 3.63) is 22.2 Å². The maximum Gasteiger partial charge on any atom is 0.172 e. The van der Waals surface area contributed by atoms with Crippen molar-refractivity contribution in [3.8, 4) is 11.5 Å². The number of rotatable bonds is 1. The van der Waals surface area contributed by atoms with Crippen molar-refractivity contribution in [2.75, 3.05) is 0 Å². The zero-order valence-electron chi connectivity index (χ0n) is 6.34. The van der Waals surface area contributed by atoms with Gasteiger partial charge in [-0.05, 0) is 35.0 Å². The summed E-state index contributed by atoms with van der Waals surface area (Å²) in [4.78, 5) is 10.8. The van der Waals surface area contributed by atoms with Crippen LogP contribution in [0.5, 0.6) is 11.5 Å². The molecule has 0 saturated carbocycles. The third-order valence-corrected chi connectivity index (χ3v) is 2.12. The van der Waals surface area contributed by atoms with Gasteiger partial charge >= 0.3 is 0 Å². The molecule has 2 N–H and O–H groups in total. The van der Waals surface area contributed by atoms with Gasteiger partial charge in [0.1, 0.15) is 0 Å². The topological polar surface area (TPSA) is 57.5 Å². The van der Waals surface area contributed by atoms with E-state index in [1.165, 1.54) is 19.1 Å². The lowest BCUT2D eigenvalue weighted by molar-refractivity contribution is 0.101. The molecule has 4 heteroatoms. The van der Waals surface area contributed by atoms with E-state index in [0.29, 0.717) is 4.47 Å². The van der Waals surface area contributed by atoms with Gasteiger partial charge in [-0.15, -0.1) is 0 Å². The SMILES string of the molecule is CC(=O)c1ccc(Br)c(O)c1O. The van der Waals surface area contributed by atoms with E-state index in [1.54, 1.807) is 0 Å². The van der Waals surface area contributed by atoms with E-state index in [4.69, 9.17) is 0 Å². The normalized spacial score (nSPS) is 9.83. The predicted molar refractivity (Wildman–Crippen MR) is 47.5 cm³/mol. The molecule has 0 unspecified atom stereocenters. The Morgan fingerprint density at radius 3 is 2.42 bits per heavy atom. The van der Waals surface area contributed by atoms with E-state index in [1.807, 2.05) is 0 Å². The molecule has 0 amide bonds. The standard InChI is InChI=1S/C8H7BrO3/c1-4(10)5-2-3-6(9)8(12)7(5)11/h2-3,11-12H,1H3. The Morgan fingerprint density at radius 2 is 1.92 bits per heavy atom. The minimum atomic E-state index is -0.378. The second kappa shape index (κ2) is 3.15. The van der Waals surface area contributed by atoms with Crippen molar-refractivity contribution in [3.63, 3.8) is 0 Å². The van der Waals surface area contributed by atoms with Crippen LogP contribution in [0.1, 0.15) is 17.3 Å². The fourth-order valence-electron chi connectivity index (χ4n) is 0.839. The molecule has 1 rings (SSSR count). The summed E-state index contributed by atoms with van der Waals surface area (Å²) in [5, 5.41) is 18.4. The number of carbonyl (C=O) groups excluding carboxylic acids is 1. The van der Waals surface area contributed by atoms with E-state index in [9.17, 15) is 15.0 Å². The Balaban J connectivity index is 3.36. The lowest BCUT2D eigenvalue weighted by Crippen LogP contribution is -1.92. The molecule has 64 valence electrons. The molecule has 1 aromatic carbocycles. The summed E-state index contributed by atoms with van der Waals surface area (Å²) < 4.78 is 0.366. The van der Waals surface area contributed by atoms with E-state index in [-0.39, 0.29) is 22.8 Å². The Bertz CT molecular complexity index is 333. The number of phenolic OH excluding ortho intramolecular Hbond substituents is 2. The first-order chi connectivity index (χ1) is 5.54. The quantitative estimate of drug-likeness (QED) is 0.574. The first-order valence-corrected chi connectivity index (χ1v) is 4.04. The first kappa shape index (κ1) is 9.06. The summed E-state index contributed by atoms with van der Waals surface area (Å²) in [6.07, 6.45) is 0. The number of halogens is 1. The van der Waals surface area contributed by atoms with Crippen LogP contribution >= 0.6 is 15.9 Å². The number of Topliss-reactive ketones (excluding diaryl/α,β-unsaturated/α-hetero) is 1. The highest BCUT2D eigenvalue weighted by Gasteiger charge is 2.12. The lowest BCUT2D eigenvalue weighted by Gasteiger charge is -2.03. The lowest BCUT2D eigenvalue weighted by atomic mass is 10.1. The molecule has 12 heavy (non-hydrogen) atoms. The Morgan fingerprint density at radius 1 is 1.33 bits per heavy atom. The summed E-state index contributed by atoms with van der Waals surface area (Å²) >= 11 is 3.01. The highest BCUT2D eigenvalue weighted by molar-refractivity contribution is 9.10. The number of benzene rings is 1. The molecule has 0 spiro atoms. The van der Waals surface area contributed by atoms with Crippen molar-refractivity contribution in [1.82, 2.24) is 0 Å². The molecule has 0 aromatic heterocycles. The molecule has 0 saturated heterocycles. The number of carbonyl (C=O) groups is 1. The molecule has 0 atom stereocenters. The second-order valence-electron chi connectivity index (χ2n) is 2.35. The summed E-state index contributed by atoms with van der Waals surface area (Å²) in [5.74, 6) is -0.963. The first-order valence-electron chi connectivity index (χ1n) is 3.25. The van der Waals surface area contributed by atoms with Gasteiger partial charge in [0.25, 0.3) is 0 Å². The van der Waals surface area contributed by atoms with Crippen molar-refractivity contribution in [1.29, 1.82) is 0 Å². The predicted octanol–water partition coefficient (Wildman–Crippen LogP) is 2.06. The van der Waals surface area contributed by atoms with E-state index in [0.717, 1.165) is 0 Å². The summed E-state index contributed by atoms with van der Waals surface area (Å²) in [5.41, 5.74) is 0.121. The van der Waals surface area contributed by atoms with Gasteiger partial charge in [0.2, 0.25) is 0 Å². The summed E-state index contributed by atoms with van der Waals surface area (Å²) in [7, 11) is 0. The van der Waals surface area contributed by atoms with Crippen LogP contribution in [0.25, 0.3) is 0 Å². The summed E-state index contributed by atoms with van der Waals surface area (Å²) in [6.45, 7) is 1.32. The maximum absolute atomic E-state index is 10.8. The van der Waals surface area contributed by atoms with Gasteiger partial charge in [0.05, 0.1) is 10.0 Å². The van der Waals surface area contributed by atoms with Gasteiger partial charge in [-0.2, -0.15) is 0 Å². The van der Waals surface area contributed by atoms with Crippen LogP contribution in [-0.2, 0) is 0 Å². The third-order valence-electron chi connectivity index (χ3n) is 1.48. The molecule has 0 heterocycles. The Hall–Kier alpha value is -1.03. The van der Waals surface area contributed by atoms with Crippen LogP contribution in [0.4, 0.5) is 0 Å². The minimum Gasteiger partial charge on any atom is -0.504 e. The van der Waals surface area contributed by atoms with Gasteiger partial charge < -0.3 is 10.2 Å². The van der Waals surface area contributed by atoms with Crippen LogP contribution in [0.3, 0.4) is 0 Å². The monoisotopic (exact) mass is 230 g/mol. The van der Waals surface area contributed by atoms with Gasteiger partial charge in [0, 0.05) is 0 Å². The fourth-order valence-corrected chi connectivity index (χ4v) is 1.16. The second-order valence-corrected chi connectivity index (χ2v) is 3.20. The molecule has 0 radical (unpaired) electrons. The summed E-state index contributed by atoms with van der Waals surface area (Å²) in [6, 6.07) is 2.95. The van der Waals surface area contributed by atoms with Crippen LogP contribution < -0.4 is 0 Å². The highest BCUT2D eigenvalue weighted by atomic mass is 79.9. The van der Waals surface area contributed by atoms with Crippen molar-refractivity contribution < 1.29 is 15.0 Å². The fraction of sp³-hybridized carbons (Fsp3) is 0.125.